The number of alkyl halides is 3. The molecule has 5 nitrogen and oxygen atoms in total. The Bertz CT molecular complexity index is 1140. The molecule has 0 saturated carbocycles. The van der Waals surface area contributed by atoms with Gasteiger partial charge in [0.1, 0.15) is 0 Å². The predicted octanol–water partition coefficient (Wildman–Crippen LogP) is 6.66. The lowest BCUT2D eigenvalue weighted by Crippen LogP contribution is -2.16. The van der Waals surface area contributed by atoms with E-state index in [-0.39, 0.29) is 16.5 Å². The maximum atomic E-state index is 12.9. The number of halogens is 4. The van der Waals surface area contributed by atoms with Crippen molar-refractivity contribution < 1.29 is 18.0 Å². The summed E-state index contributed by atoms with van der Waals surface area (Å²) in [7, 11) is 0. The molecule has 0 aliphatic carbocycles. The van der Waals surface area contributed by atoms with Crippen LogP contribution in [-0.4, -0.2) is 26.4 Å². The summed E-state index contributed by atoms with van der Waals surface area (Å²) >= 11 is 7.07. The molecule has 0 bridgehead atoms. The number of anilines is 1. The number of thioether (sulfide) groups is 1. The van der Waals surface area contributed by atoms with Gasteiger partial charge in [0, 0.05) is 12.1 Å². The van der Waals surface area contributed by atoms with Crippen LogP contribution >= 0.6 is 23.4 Å². The molecule has 174 valence electrons. The first-order valence-electron chi connectivity index (χ1n) is 10.0. The smallest absolute Gasteiger partial charge is 0.324 e. The standard InChI is InChI=1S/C23H22ClF3N4OS/c1-4-11-31-21(16-7-5-15(6-8-16)14(2)3)29-30-22(31)33-13-20(32)28-19-12-17(23(25,26)27)9-10-18(19)24/h4-10,12,14H,1,11,13H2,2-3H3,(H,28,32). The number of carbonyl (C=O) groups is 1. The minimum Gasteiger partial charge on any atom is -0.324 e. The van der Waals surface area contributed by atoms with Gasteiger partial charge in [0.25, 0.3) is 0 Å². The van der Waals surface area contributed by atoms with Crippen molar-refractivity contribution in [3.63, 3.8) is 0 Å². The molecule has 1 heterocycles. The summed E-state index contributed by atoms with van der Waals surface area (Å²) in [5.41, 5.74) is 1.08. The summed E-state index contributed by atoms with van der Waals surface area (Å²) in [5.74, 6) is 0.431. The van der Waals surface area contributed by atoms with Crippen molar-refractivity contribution in [2.45, 2.75) is 37.6 Å². The summed E-state index contributed by atoms with van der Waals surface area (Å²) in [5, 5.41) is 11.4. The first-order valence-corrected chi connectivity index (χ1v) is 11.4. The monoisotopic (exact) mass is 494 g/mol. The molecular weight excluding hydrogens is 473 g/mol. The van der Waals surface area contributed by atoms with Crippen molar-refractivity contribution in [1.29, 1.82) is 0 Å². The van der Waals surface area contributed by atoms with E-state index in [1.165, 1.54) is 5.56 Å². The number of nitrogens with zero attached hydrogens (tertiary/aromatic N) is 3. The van der Waals surface area contributed by atoms with Gasteiger partial charge in [0.15, 0.2) is 11.0 Å². The highest BCUT2D eigenvalue weighted by molar-refractivity contribution is 7.99. The number of nitrogens with one attached hydrogen (secondary N) is 1. The number of carbonyl (C=O) groups excluding carboxylic acids is 1. The molecule has 0 atom stereocenters. The topological polar surface area (TPSA) is 59.8 Å². The van der Waals surface area contributed by atoms with Crippen LogP contribution in [0.25, 0.3) is 11.4 Å². The van der Waals surface area contributed by atoms with Crippen LogP contribution < -0.4 is 5.32 Å². The zero-order valence-electron chi connectivity index (χ0n) is 18.0. The summed E-state index contributed by atoms with van der Waals surface area (Å²) in [6, 6.07) is 10.8. The van der Waals surface area contributed by atoms with E-state index in [0.717, 1.165) is 35.5 Å². The lowest BCUT2D eigenvalue weighted by molar-refractivity contribution is -0.137. The molecule has 33 heavy (non-hydrogen) atoms. The van der Waals surface area contributed by atoms with Gasteiger partial charge in [-0.15, -0.1) is 16.8 Å². The Morgan fingerprint density at radius 3 is 2.52 bits per heavy atom. The molecule has 2 aromatic carbocycles. The number of amides is 1. The Balaban J connectivity index is 1.74. The maximum absolute atomic E-state index is 12.9. The van der Waals surface area contributed by atoms with E-state index in [4.69, 9.17) is 11.6 Å². The lowest BCUT2D eigenvalue weighted by Gasteiger charge is -2.12. The van der Waals surface area contributed by atoms with E-state index >= 15 is 0 Å². The number of allylic oxidation sites excluding steroid dienone is 1. The van der Waals surface area contributed by atoms with E-state index in [1.807, 2.05) is 28.8 Å². The fourth-order valence-electron chi connectivity index (χ4n) is 3.03. The van der Waals surface area contributed by atoms with E-state index in [2.05, 4.69) is 35.9 Å². The third-order valence-corrected chi connectivity index (χ3v) is 6.06. The highest BCUT2D eigenvalue weighted by Gasteiger charge is 2.31. The van der Waals surface area contributed by atoms with Gasteiger partial charge in [-0.25, -0.2) is 0 Å². The molecule has 0 unspecified atom stereocenters. The molecule has 0 spiro atoms. The predicted molar refractivity (Wildman–Crippen MR) is 126 cm³/mol. The quantitative estimate of drug-likeness (QED) is 0.281. The van der Waals surface area contributed by atoms with Gasteiger partial charge >= 0.3 is 6.18 Å². The third-order valence-electron chi connectivity index (χ3n) is 4.76. The molecule has 3 aromatic rings. The minimum atomic E-state index is -4.54. The first kappa shape index (κ1) is 24.9. The summed E-state index contributed by atoms with van der Waals surface area (Å²) in [6.07, 6.45) is -2.84. The average Bonchev–Trinajstić information content (AvgIpc) is 3.16. The fourth-order valence-corrected chi connectivity index (χ4v) is 3.95. The molecule has 0 aliphatic rings. The Hall–Kier alpha value is -2.78. The van der Waals surface area contributed by atoms with Crippen LogP contribution in [0.2, 0.25) is 5.02 Å². The minimum absolute atomic E-state index is 0.0169. The first-order chi connectivity index (χ1) is 15.6. The van der Waals surface area contributed by atoms with Crippen LogP contribution in [0.5, 0.6) is 0 Å². The van der Waals surface area contributed by atoms with Gasteiger partial charge in [-0.1, -0.05) is 67.6 Å². The van der Waals surface area contributed by atoms with E-state index in [0.29, 0.717) is 23.4 Å². The highest BCUT2D eigenvalue weighted by Crippen LogP contribution is 2.34. The highest BCUT2D eigenvalue weighted by atomic mass is 35.5. The van der Waals surface area contributed by atoms with Gasteiger partial charge in [0.2, 0.25) is 5.91 Å². The van der Waals surface area contributed by atoms with Crippen LogP contribution in [0.15, 0.2) is 60.3 Å². The van der Waals surface area contributed by atoms with Gasteiger partial charge < -0.3 is 5.32 Å². The van der Waals surface area contributed by atoms with Gasteiger partial charge in [-0.3, -0.25) is 9.36 Å². The number of hydrogen-bond acceptors (Lipinski definition) is 4. The number of rotatable bonds is 8. The normalized spacial score (nSPS) is 11.6. The molecule has 3 rings (SSSR count). The molecule has 1 N–H and O–H groups in total. The van der Waals surface area contributed by atoms with Crippen molar-refractivity contribution in [2.75, 3.05) is 11.1 Å². The van der Waals surface area contributed by atoms with Gasteiger partial charge in [0.05, 0.1) is 22.0 Å². The second kappa shape index (κ2) is 10.4. The third kappa shape index (κ3) is 6.17. The second-order valence-corrected chi connectivity index (χ2v) is 8.86. The van der Waals surface area contributed by atoms with Crippen molar-refractivity contribution >= 4 is 35.0 Å². The largest absolute Gasteiger partial charge is 0.416 e. The number of hydrogen-bond donors (Lipinski definition) is 1. The Morgan fingerprint density at radius 2 is 1.91 bits per heavy atom. The molecule has 1 amide bonds. The van der Waals surface area contributed by atoms with Gasteiger partial charge in [-0.2, -0.15) is 13.2 Å². The summed E-state index contributed by atoms with van der Waals surface area (Å²) in [4.78, 5) is 12.4. The van der Waals surface area contributed by atoms with Crippen LogP contribution in [0.4, 0.5) is 18.9 Å². The molecule has 0 aliphatic heterocycles. The average molecular weight is 495 g/mol. The molecule has 10 heteroatoms. The van der Waals surface area contributed by atoms with Crippen molar-refractivity contribution in [1.82, 2.24) is 14.8 Å². The lowest BCUT2D eigenvalue weighted by atomic mass is 10.0. The van der Waals surface area contributed by atoms with Gasteiger partial charge in [-0.05, 0) is 29.7 Å². The Morgan fingerprint density at radius 1 is 1.21 bits per heavy atom. The number of benzene rings is 2. The van der Waals surface area contributed by atoms with Crippen LogP contribution in [0, 0.1) is 0 Å². The zero-order chi connectivity index (χ0) is 24.2. The molecular formula is C23H22ClF3N4OS. The summed E-state index contributed by atoms with van der Waals surface area (Å²) in [6.45, 7) is 8.42. The van der Waals surface area contributed by atoms with Crippen LogP contribution in [0.1, 0.15) is 30.9 Å². The fraction of sp³-hybridized carbons (Fsp3) is 0.261. The molecule has 0 fully saturated rings. The van der Waals surface area contributed by atoms with Crippen molar-refractivity contribution in [3.05, 3.63) is 71.3 Å². The molecule has 0 radical (unpaired) electrons. The van der Waals surface area contributed by atoms with E-state index in [1.54, 1.807) is 6.08 Å². The SMILES string of the molecule is C=CCn1c(SCC(=O)Nc2cc(C(F)(F)F)ccc2Cl)nnc1-c1ccc(C(C)C)cc1. The summed E-state index contributed by atoms with van der Waals surface area (Å²) < 4.78 is 40.6. The van der Waals surface area contributed by atoms with Crippen LogP contribution in [-0.2, 0) is 17.5 Å². The Kier molecular flexibility index (Phi) is 7.86. The Labute approximate surface area is 199 Å². The van der Waals surface area contributed by atoms with Crippen molar-refractivity contribution in [2.24, 2.45) is 0 Å². The van der Waals surface area contributed by atoms with E-state index < -0.39 is 17.6 Å². The molecule has 1 aromatic heterocycles. The molecule has 0 saturated heterocycles. The van der Waals surface area contributed by atoms with Crippen molar-refractivity contribution in [3.8, 4) is 11.4 Å². The number of aromatic nitrogens is 3. The van der Waals surface area contributed by atoms with E-state index in [9.17, 15) is 18.0 Å². The second-order valence-electron chi connectivity index (χ2n) is 7.51. The maximum Gasteiger partial charge on any atom is 0.416 e. The van der Waals surface area contributed by atoms with Crippen LogP contribution in [0.3, 0.4) is 0 Å². The zero-order valence-corrected chi connectivity index (χ0v) is 19.6.